The molecule has 0 aromatic carbocycles. The number of carbonyl (C=O) groups excluding carboxylic acids is 1. The number of aromatic nitrogens is 2. The van der Waals surface area contributed by atoms with Crippen molar-refractivity contribution in [1.29, 1.82) is 0 Å². The van der Waals surface area contributed by atoms with Crippen molar-refractivity contribution in [2.45, 2.75) is 44.4 Å². The summed E-state index contributed by atoms with van der Waals surface area (Å²) in [5.41, 5.74) is 0.968. The molecular weight excluding hydrogens is 360 g/mol. The second kappa shape index (κ2) is 7.17. The van der Waals surface area contributed by atoms with E-state index in [0.717, 1.165) is 43.8 Å². The molecule has 2 N–H and O–H groups in total. The largest absolute Gasteiger partial charge is 0.356 e. The zero-order valence-electron chi connectivity index (χ0n) is 14.3. The van der Waals surface area contributed by atoms with E-state index in [-0.39, 0.29) is 10.8 Å². The minimum atomic E-state index is -3.76. The first kappa shape index (κ1) is 17.9. The molecule has 0 unspecified atom stereocenters. The monoisotopic (exact) mass is 382 g/mol. The minimum absolute atomic E-state index is 0.0555. The molecule has 2 aromatic rings. The minimum Gasteiger partial charge on any atom is -0.356 e. The summed E-state index contributed by atoms with van der Waals surface area (Å²) in [7, 11) is -3.76. The first-order valence-electron chi connectivity index (χ1n) is 8.37. The summed E-state index contributed by atoms with van der Waals surface area (Å²) in [6, 6.07) is 1.40. The summed E-state index contributed by atoms with van der Waals surface area (Å²) in [6.45, 7) is 5.28. The Kier molecular flexibility index (Phi) is 5.14. The van der Waals surface area contributed by atoms with E-state index in [2.05, 4.69) is 21.6 Å². The van der Waals surface area contributed by atoms with E-state index in [1.165, 1.54) is 23.6 Å². The van der Waals surface area contributed by atoms with Gasteiger partial charge in [0.05, 0.1) is 10.7 Å². The lowest BCUT2D eigenvalue weighted by Gasteiger charge is -2.13. The van der Waals surface area contributed by atoms with E-state index in [1.54, 1.807) is 11.8 Å². The van der Waals surface area contributed by atoms with Crippen LogP contribution in [0.3, 0.4) is 0 Å². The molecule has 0 bridgehead atoms. The summed E-state index contributed by atoms with van der Waals surface area (Å²) in [5, 5.41) is 1.44. The first-order chi connectivity index (χ1) is 11.9. The average molecular weight is 383 g/mol. The van der Waals surface area contributed by atoms with Crippen molar-refractivity contribution in [1.82, 2.24) is 14.9 Å². The SMILES string of the molecule is CCCc1nc(C)c(NS(=O)(=O)c2c[nH]c(C(=O)N3CCCC3)c2)s1. The van der Waals surface area contributed by atoms with Crippen molar-refractivity contribution in [2.24, 2.45) is 0 Å². The van der Waals surface area contributed by atoms with Gasteiger partial charge in [-0.1, -0.05) is 6.92 Å². The highest BCUT2D eigenvalue weighted by Gasteiger charge is 2.24. The molecule has 25 heavy (non-hydrogen) atoms. The van der Waals surface area contributed by atoms with Gasteiger partial charge in [0, 0.05) is 19.3 Å². The number of nitrogens with zero attached hydrogens (tertiary/aromatic N) is 2. The third kappa shape index (κ3) is 3.87. The Morgan fingerprint density at radius 1 is 1.40 bits per heavy atom. The number of nitrogens with one attached hydrogen (secondary N) is 2. The number of carbonyl (C=O) groups is 1. The van der Waals surface area contributed by atoms with Gasteiger partial charge in [0.2, 0.25) is 0 Å². The van der Waals surface area contributed by atoms with Crippen LogP contribution in [-0.2, 0) is 16.4 Å². The van der Waals surface area contributed by atoms with Gasteiger partial charge < -0.3 is 9.88 Å². The standard InChI is InChI=1S/C16H22N4O3S2/c1-3-6-14-18-11(2)15(24-14)19-25(22,23)12-9-13(17-10-12)16(21)20-7-4-5-8-20/h9-10,17,19H,3-8H2,1-2H3. The molecular formula is C16H22N4O3S2. The van der Waals surface area contributed by atoms with Crippen LogP contribution in [0.15, 0.2) is 17.2 Å². The van der Waals surface area contributed by atoms with E-state index in [4.69, 9.17) is 0 Å². The van der Waals surface area contributed by atoms with Gasteiger partial charge >= 0.3 is 0 Å². The number of thiazole rings is 1. The maximum Gasteiger partial charge on any atom is 0.270 e. The Hall–Kier alpha value is -1.87. The van der Waals surface area contributed by atoms with Crippen LogP contribution in [0.2, 0.25) is 0 Å². The zero-order chi connectivity index (χ0) is 18.0. The summed E-state index contributed by atoms with van der Waals surface area (Å²) < 4.78 is 27.8. The highest BCUT2D eigenvalue weighted by Crippen LogP contribution is 2.28. The Morgan fingerprint density at radius 3 is 2.80 bits per heavy atom. The first-order valence-corrected chi connectivity index (χ1v) is 10.7. The molecule has 1 amide bonds. The van der Waals surface area contributed by atoms with E-state index in [1.807, 2.05) is 0 Å². The van der Waals surface area contributed by atoms with Gasteiger partial charge in [-0.25, -0.2) is 13.4 Å². The van der Waals surface area contributed by atoms with Gasteiger partial charge in [0.15, 0.2) is 0 Å². The molecule has 2 aromatic heterocycles. The van der Waals surface area contributed by atoms with Crippen molar-refractivity contribution < 1.29 is 13.2 Å². The zero-order valence-corrected chi connectivity index (χ0v) is 16.0. The van der Waals surface area contributed by atoms with Crippen LogP contribution in [-0.4, -0.2) is 42.3 Å². The molecule has 0 aliphatic carbocycles. The summed E-state index contributed by atoms with van der Waals surface area (Å²) in [4.78, 5) is 21.3. The summed E-state index contributed by atoms with van der Waals surface area (Å²) >= 11 is 1.35. The highest BCUT2D eigenvalue weighted by molar-refractivity contribution is 7.93. The predicted molar refractivity (Wildman–Crippen MR) is 97.6 cm³/mol. The summed E-state index contributed by atoms with van der Waals surface area (Å²) in [5.74, 6) is -0.154. The van der Waals surface area contributed by atoms with Crippen molar-refractivity contribution in [3.05, 3.63) is 28.7 Å². The van der Waals surface area contributed by atoms with Crippen LogP contribution in [0, 0.1) is 6.92 Å². The van der Waals surface area contributed by atoms with Gasteiger partial charge in [-0.2, -0.15) is 0 Å². The molecule has 3 rings (SSSR count). The van der Waals surface area contributed by atoms with E-state index in [9.17, 15) is 13.2 Å². The summed E-state index contributed by atoms with van der Waals surface area (Å²) in [6.07, 6.45) is 5.12. The molecule has 0 saturated carbocycles. The van der Waals surface area contributed by atoms with Crippen LogP contribution < -0.4 is 4.72 Å². The number of hydrogen-bond acceptors (Lipinski definition) is 5. The average Bonchev–Trinajstić information content (AvgIpc) is 3.29. The third-order valence-corrected chi connectivity index (χ3v) is 6.71. The normalized spacial score (nSPS) is 14.9. The van der Waals surface area contributed by atoms with Crippen LogP contribution in [0.1, 0.15) is 47.4 Å². The van der Waals surface area contributed by atoms with Gasteiger partial charge in [-0.15, -0.1) is 11.3 Å². The van der Waals surface area contributed by atoms with Crippen molar-refractivity contribution >= 4 is 32.3 Å². The molecule has 3 heterocycles. The van der Waals surface area contributed by atoms with E-state index < -0.39 is 10.0 Å². The molecule has 1 aliphatic rings. The molecule has 0 radical (unpaired) electrons. The number of hydrogen-bond donors (Lipinski definition) is 2. The van der Waals surface area contributed by atoms with Crippen molar-refractivity contribution in [3.63, 3.8) is 0 Å². The maximum atomic E-state index is 12.6. The molecule has 7 nitrogen and oxygen atoms in total. The number of aryl methyl sites for hydroxylation is 2. The van der Waals surface area contributed by atoms with Crippen LogP contribution in [0.4, 0.5) is 5.00 Å². The smallest absolute Gasteiger partial charge is 0.270 e. The Morgan fingerprint density at radius 2 is 2.12 bits per heavy atom. The molecule has 9 heteroatoms. The number of rotatable bonds is 6. The third-order valence-electron chi connectivity index (χ3n) is 4.12. The fraction of sp³-hybridized carbons (Fsp3) is 0.500. The number of sulfonamides is 1. The lowest BCUT2D eigenvalue weighted by atomic mass is 10.3. The molecule has 136 valence electrons. The van der Waals surface area contributed by atoms with E-state index in [0.29, 0.717) is 16.4 Å². The molecule has 0 spiro atoms. The van der Waals surface area contributed by atoms with Crippen molar-refractivity contribution in [3.8, 4) is 0 Å². The quantitative estimate of drug-likeness (QED) is 0.803. The fourth-order valence-corrected chi connectivity index (χ4v) is 5.20. The predicted octanol–water partition coefficient (Wildman–Crippen LogP) is 2.77. The van der Waals surface area contributed by atoms with Crippen LogP contribution >= 0.6 is 11.3 Å². The van der Waals surface area contributed by atoms with Gasteiger partial charge in [0.1, 0.15) is 15.6 Å². The van der Waals surface area contributed by atoms with Crippen molar-refractivity contribution in [2.75, 3.05) is 17.8 Å². The van der Waals surface area contributed by atoms with Gasteiger partial charge in [-0.05, 0) is 38.7 Å². The van der Waals surface area contributed by atoms with Gasteiger partial charge in [-0.3, -0.25) is 9.52 Å². The number of anilines is 1. The molecule has 1 saturated heterocycles. The lowest BCUT2D eigenvalue weighted by molar-refractivity contribution is 0.0787. The number of likely N-dealkylation sites (tertiary alicyclic amines) is 1. The van der Waals surface area contributed by atoms with Gasteiger partial charge in [0.25, 0.3) is 15.9 Å². The van der Waals surface area contributed by atoms with Crippen LogP contribution in [0.25, 0.3) is 0 Å². The Labute approximate surface area is 151 Å². The second-order valence-electron chi connectivity index (χ2n) is 6.13. The topological polar surface area (TPSA) is 95.2 Å². The maximum absolute atomic E-state index is 12.6. The number of amides is 1. The Balaban J connectivity index is 1.77. The molecule has 1 fully saturated rings. The Bertz CT molecular complexity index is 864. The fourth-order valence-electron chi connectivity index (χ4n) is 2.79. The highest BCUT2D eigenvalue weighted by atomic mass is 32.2. The van der Waals surface area contributed by atoms with E-state index >= 15 is 0 Å². The molecule has 1 aliphatic heterocycles. The molecule has 0 atom stereocenters. The number of aromatic amines is 1. The lowest BCUT2D eigenvalue weighted by Crippen LogP contribution is -2.27. The second-order valence-corrected chi connectivity index (χ2v) is 8.89. The van der Waals surface area contributed by atoms with Crippen LogP contribution in [0.5, 0.6) is 0 Å². The number of H-pyrrole nitrogens is 1.